The molecule has 0 aromatic heterocycles. The molecule has 0 spiro atoms. The van der Waals surface area contributed by atoms with Crippen LogP contribution in [0.25, 0.3) is 0 Å². The first kappa shape index (κ1) is 12.3. The molecule has 2 heterocycles. The summed E-state index contributed by atoms with van der Waals surface area (Å²) in [5.41, 5.74) is 0. The molecule has 2 atom stereocenters. The van der Waals surface area contributed by atoms with Crippen molar-refractivity contribution in [1.29, 1.82) is 0 Å². The molecule has 2 fully saturated rings. The Morgan fingerprint density at radius 1 is 1.19 bits per heavy atom. The Morgan fingerprint density at radius 2 is 1.94 bits per heavy atom. The molecule has 0 bridgehead atoms. The first-order valence-electron chi connectivity index (χ1n) is 5.97. The minimum Gasteiger partial charge on any atom is -0.353 e. The normalized spacial score (nSPS) is 36.0. The maximum atomic E-state index is 5.82. The van der Waals surface area contributed by atoms with Gasteiger partial charge in [0.1, 0.15) is 0 Å². The van der Waals surface area contributed by atoms with E-state index in [1.165, 1.54) is 0 Å². The maximum Gasteiger partial charge on any atom is 0.223 e. The van der Waals surface area contributed by atoms with Gasteiger partial charge in [-0.25, -0.2) is 0 Å². The fourth-order valence-electron chi connectivity index (χ4n) is 2.17. The van der Waals surface area contributed by atoms with Crippen LogP contribution in [0.4, 0.5) is 0 Å². The summed E-state index contributed by atoms with van der Waals surface area (Å²) in [4.78, 5) is 0. The summed E-state index contributed by atoms with van der Waals surface area (Å²) in [5.74, 6) is -0.773. The van der Waals surface area contributed by atoms with Gasteiger partial charge < -0.3 is 23.7 Å². The van der Waals surface area contributed by atoms with Crippen LogP contribution in [-0.2, 0) is 23.7 Å². The summed E-state index contributed by atoms with van der Waals surface area (Å²) in [7, 11) is 0. The Bertz CT molecular complexity index is 216. The Hall–Kier alpha value is -0.200. The van der Waals surface area contributed by atoms with Crippen LogP contribution in [0.2, 0.25) is 0 Å². The van der Waals surface area contributed by atoms with E-state index in [0.29, 0.717) is 26.4 Å². The number of hydrogen-bond acceptors (Lipinski definition) is 5. The third-order valence-corrected chi connectivity index (χ3v) is 2.78. The van der Waals surface area contributed by atoms with E-state index in [0.717, 1.165) is 12.8 Å². The molecule has 0 radical (unpaired) electrons. The molecule has 0 aromatic carbocycles. The Kier molecular flexibility index (Phi) is 4.16. The monoisotopic (exact) mass is 232 g/mol. The molecule has 2 rings (SSSR count). The van der Waals surface area contributed by atoms with Crippen LogP contribution >= 0.6 is 0 Å². The average molecular weight is 232 g/mol. The minimum absolute atomic E-state index is 0.204. The molecule has 0 unspecified atom stereocenters. The maximum absolute atomic E-state index is 5.82. The van der Waals surface area contributed by atoms with E-state index in [1.807, 2.05) is 13.8 Å². The average Bonchev–Trinajstić information content (AvgIpc) is 2.88. The Balaban J connectivity index is 1.99. The van der Waals surface area contributed by atoms with E-state index in [9.17, 15) is 0 Å². The van der Waals surface area contributed by atoms with E-state index in [2.05, 4.69) is 0 Å². The molecule has 94 valence electrons. The second kappa shape index (κ2) is 5.42. The van der Waals surface area contributed by atoms with E-state index in [1.54, 1.807) is 0 Å². The van der Waals surface area contributed by atoms with Crippen molar-refractivity contribution in [1.82, 2.24) is 0 Å². The number of hydrogen-bond donors (Lipinski definition) is 0. The van der Waals surface area contributed by atoms with Crippen LogP contribution in [0.3, 0.4) is 0 Å². The highest BCUT2D eigenvalue weighted by atomic mass is 16.8. The third kappa shape index (κ3) is 2.38. The summed E-state index contributed by atoms with van der Waals surface area (Å²) in [6, 6.07) is 0. The second-order valence-electron chi connectivity index (χ2n) is 3.86. The fraction of sp³-hybridized carbons (Fsp3) is 1.00. The van der Waals surface area contributed by atoms with Gasteiger partial charge in [-0.1, -0.05) is 0 Å². The molecule has 0 aliphatic carbocycles. The van der Waals surface area contributed by atoms with Gasteiger partial charge in [0.05, 0.1) is 13.2 Å². The number of ether oxygens (including phenoxy) is 5. The molecule has 0 saturated carbocycles. The Labute approximate surface area is 95.9 Å². The third-order valence-electron chi connectivity index (χ3n) is 2.78. The first-order chi connectivity index (χ1) is 7.80. The molecular formula is C11H20O5. The predicted molar refractivity (Wildman–Crippen MR) is 55.8 cm³/mol. The Morgan fingerprint density at radius 3 is 2.56 bits per heavy atom. The topological polar surface area (TPSA) is 46.2 Å². The standard InChI is InChI=1S/C11H20O5/c1-3-12-9-5-6-11(16-9,15-4-2)10-13-7-8-14-10/h9-10H,3-8H2,1-2H3/t9-,11+/m1/s1. The van der Waals surface area contributed by atoms with Gasteiger partial charge in [-0.2, -0.15) is 0 Å². The van der Waals surface area contributed by atoms with Gasteiger partial charge in [-0.15, -0.1) is 0 Å². The van der Waals surface area contributed by atoms with Gasteiger partial charge in [0.2, 0.25) is 12.1 Å². The zero-order valence-electron chi connectivity index (χ0n) is 9.94. The fourth-order valence-corrected chi connectivity index (χ4v) is 2.17. The molecule has 2 aliphatic heterocycles. The van der Waals surface area contributed by atoms with Crippen molar-refractivity contribution in [3.8, 4) is 0 Å². The van der Waals surface area contributed by atoms with Gasteiger partial charge in [-0.3, -0.25) is 0 Å². The van der Waals surface area contributed by atoms with Crippen molar-refractivity contribution in [3.05, 3.63) is 0 Å². The minimum atomic E-state index is -0.773. The van der Waals surface area contributed by atoms with Crippen LogP contribution < -0.4 is 0 Å². The molecule has 5 nitrogen and oxygen atoms in total. The summed E-state index contributed by atoms with van der Waals surface area (Å²) >= 11 is 0. The van der Waals surface area contributed by atoms with Crippen molar-refractivity contribution < 1.29 is 23.7 Å². The van der Waals surface area contributed by atoms with Crippen molar-refractivity contribution in [3.63, 3.8) is 0 Å². The van der Waals surface area contributed by atoms with Crippen molar-refractivity contribution in [2.24, 2.45) is 0 Å². The van der Waals surface area contributed by atoms with Crippen molar-refractivity contribution >= 4 is 0 Å². The summed E-state index contributed by atoms with van der Waals surface area (Å²) < 4.78 is 28.0. The lowest BCUT2D eigenvalue weighted by Crippen LogP contribution is -2.46. The zero-order valence-corrected chi connectivity index (χ0v) is 9.94. The lowest BCUT2D eigenvalue weighted by molar-refractivity contribution is -0.340. The zero-order chi connectivity index (χ0) is 11.4. The molecule has 16 heavy (non-hydrogen) atoms. The quantitative estimate of drug-likeness (QED) is 0.714. The summed E-state index contributed by atoms with van der Waals surface area (Å²) in [6.07, 6.45) is 0.940. The number of rotatable bonds is 5. The van der Waals surface area contributed by atoms with E-state index >= 15 is 0 Å². The van der Waals surface area contributed by atoms with E-state index in [-0.39, 0.29) is 6.29 Å². The van der Waals surface area contributed by atoms with E-state index in [4.69, 9.17) is 23.7 Å². The lowest BCUT2D eigenvalue weighted by atomic mass is 10.1. The van der Waals surface area contributed by atoms with Crippen LogP contribution in [-0.4, -0.2) is 44.8 Å². The van der Waals surface area contributed by atoms with Gasteiger partial charge >= 0.3 is 0 Å². The van der Waals surface area contributed by atoms with Gasteiger partial charge in [0, 0.05) is 26.1 Å². The highest BCUT2D eigenvalue weighted by Gasteiger charge is 2.51. The summed E-state index contributed by atoms with van der Waals surface area (Å²) in [5, 5.41) is 0. The molecule has 0 amide bonds. The highest BCUT2D eigenvalue weighted by molar-refractivity contribution is 4.83. The second-order valence-corrected chi connectivity index (χ2v) is 3.86. The summed E-state index contributed by atoms with van der Waals surface area (Å²) in [6.45, 7) is 6.30. The molecule has 5 heteroatoms. The predicted octanol–water partition coefficient (Wildman–Crippen LogP) is 1.27. The van der Waals surface area contributed by atoms with Crippen molar-refractivity contribution in [2.75, 3.05) is 26.4 Å². The SMILES string of the molecule is CCO[C@H]1CC[C@@](OCC)(C2OCCO2)O1. The largest absolute Gasteiger partial charge is 0.353 e. The van der Waals surface area contributed by atoms with Gasteiger partial charge in [0.15, 0.2) is 6.29 Å². The van der Waals surface area contributed by atoms with Crippen LogP contribution in [0.1, 0.15) is 26.7 Å². The van der Waals surface area contributed by atoms with E-state index < -0.39 is 12.1 Å². The van der Waals surface area contributed by atoms with Crippen LogP contribution in [0.15, 0.2) is 0 Å². The van der Waals surface area contributed by atoms with Gasteiger partial charge in [0.25, 0.3) is 0 Å². The lowest BCUT2D eigenvalue weighted by Gasteiger charge is -2.32. The molecule has 0 aromatic rings. The molecule has 0 N–H and O–H groups in total. The smallest absolute Gasteiger partial charge is 0.223 e. The molecular weight excluding hydrogens is 212 g/mol. The van der Waals surface area contributed by atoms with Crippen LogP contribution in [0.5, 0.6) is 0 Å². The molecule has 2 saturated heterocycles. The van der Waals surface area contributed by atoms with Crippen molar-refractivity contribution in [2.45, 2.75) is 45.1 Å². The van der Waals surface area contributed by atoms with Crippen LogP contribution in [0, 0.1) is 0 Å². The molecule has 2 aliphatic rings. The first-order valence-corrected chi connectivity index (χ1v) is 5.97. The highest BCUT2D eigenvalue weighted by Crippen LogP contribution is 2.38. The van der Waals surface area contributed by atoms with Gasteiger partial charge in [-0.05, 0) is 13.8 Å².